The van der Waals surface area contributed by atoms with Crippen LogP contribution in [0.3, 0.4) is 0 Å². The van der Waals surface area contributed by atoms with E-state index in [9.17, 15) is 9.50 Å². The Hall–Kier alpha value is -1.53. The van der Waals surface area contributed by atoms with Gasteiger partial charge in [0, 0.05) is 20.4 Å². The molecule has 1 aromatic carbocycles. The number of benzene rings is 1. The molecule has 0 bridgehead atoms. The van der Waals surface area contributed by atoms with E-state index in [1.54, 1.807) is 25.1 Å². The highest BCUT2D eigenvalue weighted by atomic mass is 35.5. The van der Waals surface area contributed by atoms with Gasteiger partial charge in [-0.1, -0.05) is 55.6 Å². The third kappa shape index (κ3) is 7.47. The average molecular weight is 426 g/mol. The van der Waals surface area contributed by atoms with E-state index in [0.717, 1.165) is 16.9 Å². The summed E-state index contributed by atoms with van der Waals surface area (Å²) in [4.78, 5) is 1.47. The topological polar surface area (TPSA) is 41.5 Å². The first-order valence-electron chi connectivity index (χ1n) is 9.09. The molecule has 0 aromatic heterocycles. The molecule has 0 radical (unpaired) electrons. The lowest BCUT2D eigenvalue weighted by Crippen LogP contribution is -2.23. The van der Waals surface area contributed by atoms with E-state index in [-0.39, 0.29) is 17.9 Å². The standard InChI is InChI=1S/C22H29ClFNO2S/c1-7-11-25-22(26)20-14(3)9-10-19(21(20)24)27-13-16(5)28-17(6)15(4)12-18(23)8-2/h8-10,12,22,25-26H,5-7,11,13H2,1-4H3. The molecule has 0 saturated carbocycles. The number of aliphatic hydroxyl groups excluding tert-OH is 1. The summed E-state index contributed by atoms with van der Waals surface area (Å²) in [6, 6.07) is 3.29. The number of thioether (sulfide) groups is 1. The number of aliphatic hydroxyl groups is 1. The Labute approximate surface area is 177 Å². The van der Waals surface area contributed by atoms with E-state index in [0.29, 0.717) is 22.0 Å². The van der Waals surface area contributed by atoms with Gasteiger partial charge in [-0.3, -0.25) is 5.32 Å². The van der Waals surface area contributed by atoms with Gasteiger partial charge in [-0.15, -0.1) is 0 Å². The predicted octanol–water partition coefficient (Wildman–Crippen LogP) is 6.35. The first-order valence-corrected chi connectivity index (χ1v) is 10.3. The van der Waals surface area contributed by atoms with Gasteiger partial charge < -0.3 is 9.84 Å². The summed E-state index contributed by atoms with van der Waals surface area (Å²) in [5, 5.41) is 13.7. The molecular weight excluding hydrogens is 397 g/mol. The van der Waals surface area contributed by atoms with Crippen molar-refractivity contribution in [3.63, 3.8) is 0 Å². The van der Waals surface area contributed by atoms with Gasteiger partial charge in [-0.2, -0.15) is 0 Å². The van der Waals surface area contributed by atoms with E-state index >= 15 is 0 Å². The summed E-state index contributed by atoms with van der Waals surface area (Å²) >= 11 is 7.36. The molecule has 1 unspecified atom stereocenters. The zero-order chi connectivity index (χ0) is 21.3. The van der Waals surface area contributed by atoms with Crippen LogP contribution in [-0.4, -0.2) is 18.3 Å². The van der Waals surface area contributed by atoms with Gasteiger partial charge in [-0.05, 0) is 57.0 Å². The summed E-state index contributed by atoms with van der Waals surface area (Å²) < 4.78 is 20.4. The lowest BCUT2D eigenvalue weighted by atomic mass is 10.1. The second-order valence-electron chi connectivity index (χ2n) is 6.32. The highest BCUT2D eigenvalue weighted by Gasteiger charge is 2.19. The van der Waals surface area contributed by atoms with Crippen LogP contribution >= 0.6 is 23.4 Å². The van der Waals surface area contributed by atoms with Crippen LogP contribution in [0.4, 0.5) is 4.39 Å². The zero-order valence-electron chi connectivity index (χ0n) is 16.9. The minimum atomic E-state index is -1.08. The fraction of sp³-hybridized carbons (Fsp3) is 0.364. The highest BCUT2D eigenvalue weighted by Crippen LogP contribution is 2.32. The molecule has 0 amide bonds. The van der Waals surface area contributed by atoms with Gasteiger partial charge in [-0.25, -0.2) is 4.39 Å². The van der Waals surface area contributed by atoms with Gasteiger partial charge in [0.1, 0.15) is 12.8 Å². The molecule has 1 atom stereocenters. The molecule has 28 heavy (non-hydrogen) atoms. The molecule has 0 fully saturated rings. The maximum atomic E-state index is 14.8. The van der Waals surface area contributed by atoms with Crippen molar-refractivity contribution in [3.05, 3.63) is 74.8 Å². The molecule has 6 heteroatoms. The lowest BCUT2D eigenvalue weighted by molar-refractivity contribution is 0.133. The van der Waals surface area contributed by atoms with Crippen molar-refractivity contribution in [1.82, 2.24) is 5.32 Å². The van der Waals surface area contributed by atoms with E-state index in [2.05, 4.69) is 18.5 Å². The zero-order valence-corrected chi connectivity index (χ0v) is 18.5. The van der Waals surface area contributed by atoms with Gasteiger partial charge in [0.25, 0.3) is 0 Å². The minimum absolute atomic E-state index is 0.0783. The number of rotatable bonds is 11. The second-order valence-corrected chi connectivity index (χ2v) is 8.03. The molecule has 1 aromatic rings. The highest BCUT2D eigenvalue weighted by molar-refractivity contribution is 8.06. The molecule has 0 aliphatic carbocycles. The Kier molecular flexibility index (Phi) is 10.6. The number of allylic oxidation sites excluding steroid dienone is 4. The summed E-state index contributed by atoms with van der Waals surface area (Å²) in [6.45, 7) is 16.2. The molecule has 0 saturated heterocycles. The van der Waals surface area contributed by atoms with E-state index in [1.807, 2.05) is 26.8 Å². The van der Waals surface area contributed by atoms with Crippen molar-refractivity contribution >= 4 is 23.4 Å². The fourth-order valence-corrected chi connectivity index (χ4v) is 3.16. The smallest absolute Gasteiger partial charge is 0.172 e. The molecule has 0 spiro atoms. The number of ether oxygens (including phenoxy) is 1. The van der Waals surface area contributed by atoms with Crippen molar-refractivity contribution in [2.24, 2.45) is 0 Å². The van der Waals surface area contributed by atoms with Crippen LogP contribution in [0.5, 0.6) is 5.75 Å². The maximum absolute atomic E-state index is 14.8. The van der Waals surface area contributed by atoms with Crippen LogP contribution < -0.4 is 10.1 Å². The Morgan fingerprint density at radius 1 is 1.43 bits per heavy atom. The minimum Gasteiger partial charge on any atom is -0.485 e. The number of hydrogen-bond donors (Lipinski definition) is 2. The van der Waals surface area contributed by atoms with Gasteiger partial charge >= 0.3 is 0 Å². The molecule has 0 aliphatic rings. The molecule has 2 N–H and O–H groups in total. The molecule has 1 rings (SSSR count). The van der Waals surface area contributed by atoms with Crippen molar-refractivity contribution in [1.29, 1.82) is 0 Å². The molecule has 3 nitrogen and oxygen atoms in total. The average Bonchev–Trinajstić information content (AvgIpc) is 2.65. The second kappa shape index (κ2) is 12.1. The van der Waals surface area contributed by atoms with Crippen LogP contribution in [0.15, 0.2) is 57.9 Å². The van der Waals surface area contributed by atoms with Crippen LogP contribution in [0, 0.1) is 12.7 Å². The van der Waals surface area contributed by atoms with Gasteiger partial charge in [0.2, 0.25) is 0 Å². The third-order valence-electron chi connectivity index (χ3n) is 3.95. The summed E-state index contributed by atoms with van der Waals surface area (Å²) in [5.41, 5.74) is 1.78. The Balaban J connectivity index is 2.78. The van der Waals surface area contributed by atoms with Crippen LogP contribution in [0.1, 0.15) is 44.5 Å². The summed E-state index contributed by atoms with van der Waals surface area (Å²) in [6.07, 6.45) is 3.37. The SMILES string of the molecule is C=C(COc1ccc(C)c(C(O)NCCC)c1F)SC(=C)C(C)=CC(Cl)=CC. The maximum Gasteiger partial charge on any atom is 0.172 e. The third-order valence-corrected chi connectivity index (χ3v) is 5.25. The van der Waals surface area contributed by atoms with E-state index in [1.165, 1.54) is 11.8 Å². The first kappa shape index (κ1) is 24.5. The monoisotopic (exact) mass is 425 g/mol. The van der Waals surface area contributed by atoms with Gasteiger partial charge in [0.05, 0.1) is 0 Å². The van der Waals surface area contributed by atoms with Crippen molar-refractivity contribution in [2.75, 3.05) is 13.2 Å². The van der Waals surface area contributed by atoms with Crippen LogP contribution in [-0.2, 0) is 0 Å². The van der Waals surface area contributed by atoms with Crippen LogP contribution in [0.2, 0.25) is 0 Å². The van der Waals surface area contributed by atoms with Crippen molar-refractivity contribution in [2.45, 2.75) is 40.3 Å². The fourth-order valence-electron chi connectivity index (χ4n) is 2.31. The van der Waals surface area contributed by atoms with E-state index < -0.39 is 12.0 Å². The molecule has 0 aliphatic heterocycles. The number of nitrogens with one attached hydrogen (secondary N) is 1. The number of halogens is 2. The lowest BCUT2D eigenvalue weighted by Gasteiger charge is -2.18. The number of hydrogen-bond acceptors (Lipinski definition) is 4. The van der Waals surface area contributed by atoms with Crippen molar-refractivity contribution < 1.29 is 14.2 Å². The number of aryl methyl sites for hydroxylation is 1. The predicted molar refractivity (Wildman–Crippen MR) is 119 cm³/mol. The Morgan fingerprint density at radius 2 is 2.11 bits per heavy atom. The summed E-state index contributed by atoms with van der Waals surface area (Å²) in [5.74, 6) is -0.488. The molecule has 154 valence electrons. The van der Waals surface area contributed by atoms with E-state index in [4.69, 9.17) is 16.3 Å². The van der Waals surface area contributed by atoms with Gasteiger partial charge in [0.15, 0.2) is 11.6 Å². The first-order chi connectivity index (χ1) is 13.2. The molecule has 0 heterocycles. The normalized spacial score (nSPS) is 13.4. The quantitative estimate of drug-likeness (QED) is 0.320. The summed E-state index contributed by atoms with van der Waals surface area (Å²) in [7, 11) is 0. The van der Waals surface area contributed by atoms with Crippen LogP contribution in [0.25, 0.3) is 0 Å². The van der Waals surface area contributed by atoms with Crippen molar-refractivity contribution in [3.8, 4) is 5.75 Å². The largest absolute Gasteiger partial charge is 0.485 e. The Morgan fingerprint density at radius 3 is 2.71 bits per heavy atom. The molecular formula is C22H29ClFNO2S. The Bertz CT molecular complexity index is 774.